The Kier molecular flexibility index (Phi) is 8.22. The molecule has 0 fully saturated rings. The molecule has 0 rings (SSSR count). The van der Waals surface area contributed by atoms with Crippen molar-refractivity contribution in [3.05, 3.63) is 0 Å². The van der Waals surface area contributed by atoms with Crippen LogP contribution in [0.5, 0.6) is 0 Å². The molecule has 2 amide bonds. The van der Waals surface area contributed by atoms with Gasteiger partial charge in [0.2, 0.25) is 0 Å². The van der Waals surface area contributed by atoms with Gasteiger partial charge >= 0.3 is 12.2 Å². The Hall–Kier alpha value is -0.980. The van der Waals surface area contributed by atoms with Gasteiger partial charge in [-0.25, -0.2) is 9.59 Å². The normalized spacial score (nSPS) is 13.5. The molecule has 0 bridgehead atoms. The smallest absolute Gasteiger partial charge is 0.409 e. The lowest BCUT2D eigenvalue weighted by atomic mass is 10.1. The maximum atomic E-state index is 11.9. The Balaban J connectivity index is 4.76. The molecular formula is C15H29BrN2O4. The van der Waals surface area contributed by atoms with Crippen LogP contribution in [-0.4, -0.2) is 34.9 Å². The Morgan fingerprint density at radius 1 is 0.955 bits per heavy atom. The fraction of sp³-hybridized carbons (Fsp3) is 0.867. The lowest BCUT2D eigenvalue weighted by Gasteiger charge is -2.29. The Morgan fingerprint density at radius 2 is 1.32 bits per heavy atom. The van der Waals surface area contributed by atoms with Crippen LogP contribution >= 0.6 is 15.9 Å². The zero-order valence-electron chi connectivity index (χ0n) is 14.6. The molecule has 0 aromatic carbocycles. The highest BCUT2D eigenvalue weighted by Crippen LogP contribution is 2.12. The van der Waals surface area contributed by atoms with Crippen molar-refractivity contribution >= 4 is 28.1 Å². The molecule has 6 nitrogen and oxygen atoms in total. The van der Waals surface area contributed by atoms with Crippen molar-refractivity contribution < 1.29 is 19.1 Å². The molecule has 7 heteroatoms. The van der Waals surface area contributed by atoms with Gasteiger partial charge in [0.25, 0.3) is 0 Å². The van der Waals surface area contributed by atoms with E-state index >= 15 is 0 Å². The molecule has 0 aliphatic rings. The van der Waals surface area contributed by atoms with Crippen LogP contribution in [0.15, 0.2) is 0 Å². The number of rotatable bonds is 5. The molecule has 0 saturated heterocycles. The molecule has 0 aromatic heterocycles. The SMILES string of the molecule is CC(CCBr)C(NC(=O)OC(C)(C)C)NC(=O)OC(C)(C)C. The molecular weight excluding hydrogens is 352 g/mol. The topological polar surface area (TPSA) is 76.7 Å². The predicted molar refractivity (Wildman–Crippen MR) is 90.1 cm³/mol. The number of alkyl carbamates (subject to hydrolysis) is 2. The van der Waals surface area contributed by atoms with Gasteiger partial charge < -0.3 is 20.1 Å². The minimum atomic E-state index is -0.598. The van der Waals surface area contributed by atoms with Crippen LogP contribution < -0.4 is 10.6 Å². The van der Waals surface area contributed by atoms with Gasteiger partial charge in [-0.1, -0.05) is 22.9 Å². The standard InChI is InChI=1S/C15H29BrN2O4/c1-10(8-9-16)11(17-12(19)21-14(2,3)4)18-13(20)22-15(5,6)7/h10-11H,8-9H2,1-7H3,(H,17,19)(H,18,20). The second-order valence-electron chi connectivity index (χ2n) is 7.23. The molecule has 0 radical (unpaired) electrons. The van der Waals surface area contributed by atoms with Gasteiger partial charge in [0, 0.05) is 5.33 Å². The fourth-order valence-electron chi connectivity index (χ4n) is 1.53. The van der Waals surface area contributed by atoms with E-state index in [1.807, 2.05) is 6.92 Å². The van der Waals surface area contributed by atoms with E-state index in [0.717, 1.165) is 11.8 Å². The van der Waals surface area contributed by atoms with E-state index in [2.05, 4.69) is 26.6 Å². The highest BCUT2D eigenvalue weighted by molar-refractivity contribution is 9.09. The van der Waals surface area contributed by atoms with Crippen LogP contribution in [-0.2, 0) is 9.47 Å². The second-order valence-corrected chi connectivity index (χ2v) is 8.02. The number of hydrogen-bond donors (Lipinski definition) is 2. The van der Waals surface area contributed by atoms with Gasteiger partial charge in [-0.15, -0.1) is 0 Å². The zero-order valence-corrected chi connectivity index (χ0v) is 16.2. The predicted octanol–water partition coefficient (Wildman–Crippen LogP) is 3.78. The zero-order chi connectivity index (χ0) is 17.6. The van der Waals surface area contributed by atoms with Crippen LogP contribution in [0.4, 0.5) is 9.59 Å². The first kappa shape index (κ1) is 21.0. The lowest BCUT2D eigenvalue weighted by molar-refractivity contribution is 0.0393. The van der Waals surface area contributed by atoms with Gasteiger partial charge in [-0.2, -0.15) is 0 Å². The Labute approximate surface area is 141 Å². The van der Waals surface area contributed by atoms with E-state index in [0.29, 0.717) is 0 Å². The third-order valence-electron chi connectivity index (χ3n) is 2.48. The maximum Gasteiger partial charge on any atom is 0.409 e. The van der Waals surface area contributed by atoms with Crippen molar-refractivity contribution in [2.45, 2.75) is 72.3 Å². The minimum absolute atomic E-state index is 0.0133. The van der Waals surface area contributed by atoms with Crippen LogP contribution in [0, 0.1) is 5.92 Å². The van der Waals surface area contributed by atoms with E-state index < -0.39 is 29.6 Å². The van der Waals surface area contributed by atoms with Crippen LogP contribution in [0.3, 0.4) is 0 Å². The van der Waals surface area contributed by atoms with Crippen molar-refractivity contribution in [1.82, 2.24) is 10.6 Å². The van der Waals surface area contributed by atoms with Gasteiger partial charge in [-0.3, -0.25) is 0 Å². The summed E-state index contributed by atoms with van der Waals surface area (Å²) in [6.07, 6.45) is -0.941. The molecule has 0 aromatic rings. The molecule has 2 N–H and O–H groups in total. The molecule has 0 saturated carbocycles. The molecule has 1 atom stereocenters. The van der Waals surface area contributed by atoms with Crippen molar-refractivity contribution in [3.63, 3.8) is 0 Å². The van der Waals surface area contributed by atoms with Gasteiger partial charge in [0.05, 0.1) is 0 Å². The van der Waals surface area contributed by atoms with Crippen molar-refractivity contribution in [1.29, 1.82) is 0 Å². The van der Waals surface area contributed by atoms with E-state index in [1.165, 1.54) is 0 Å². The molecule has 1 unspecified atom stereocenters. The fourth-order valence-corrected chi connectivity index (χ4v) is 2.25. The van der Waals surface area contributed by atoms with Crippen LogP contribution in [0.1, 0.15) is 54.9 Å². The summed E-state index contributed by atoms with van der Waals surface area (Å²) in [4.78, 5) is 23.8. The summed E-state index contributed by atoms with van der Waals surface area (Å²) in [5, 5.41) is 6.12. The number of ether oxygens (including phenoxy) is 2. The van der Waals surface area contributed by atoms with Crippen LogP contribution in [0.2, 0.25) is 0 Å². The number of nitrogens with one attached hydrogen (secondary N) is 2. The molecule has 130 valence electrons. The first-order valence-corrected chi connectivity index (χ1v) is 8.51. The quantitative estimate of drug-likeness (QED) is 0.561. The van der Waals surface area contributed by atoms with E-state index in [-0.39, 0.29) is 5.92 Å². The second kappa shape index (κ2) is 8.60. The summed E-state index contributed by atoms with van der Waals surface area (Å²) in [6, 6.07) is 0. The average molecular weight is 381 g/mol. The highest BCUT2D eigenvalue weighted by atomic mass is 79.9. The van der Waals surface area contributed by atoms with Crippen molar-refractivity contribution in [2.24, 2.45) is 5.92 Å². The number of amides is 2. The summed E-state index contributed by atoms with van der Waals surface area (Å²) < 4.78 is 10.5. The third kappa shape index (κ3) is 10.7. The number of halogens is 1. The highest BCUT2D eigenvalue weighted by Gasteiger charge is 2.26. The first-order valence-electron chi connectivity index (χ1n) is 7.39. The molecule has 0 aliphatic carbocycles. The van der Waals surface area contributed by atoms with E-state index in [1.54, 1.807) is 41.5 Å². The number of carbonyl (C=O) groups is 2. The Morgan fingerprint density at radius 3 is 1.59 bits per heavy atom. The lowest BCUT2D eigenvalue weighted by Crippen LogP contribution is -2.53. The van der Waals surface area contributed by atoms with Gasteiger partial charge in [0.1, 0.15) is 17.4 Å². The van der Waals surface area contributed by atoms with E-state index in [9.17, 15) is 9.59 Å². The van der Waals surface area contributed by atoms with Crippen molar-refractivity contribution in [3.8, 4) is 0 Å². The van der Waals surface area contributed by atoms with Crippen molar-refractivity contribution in [2.75, 3.05) is 5.33 Å². The summed E-state index contributed by atoms with van der Waals surface area (Å²) in [7, 11) is 0. The largest absolute Gasteiger partial charge is 0.444 e. The third-order valence-corrected chi connectivity index (χ3v) is 2.94. The monoisotopic (exact) mass is 380 g/mol. The molecule has 0 spiro atoms. The number of alkyl halides is 1. The van der Waals surface area contributed by atoms with E-state index in [4.69, 9.17) is 9.47 Å². The molecule has 22 heavy (non-hydrogen) atoms. The molecule has 0 heterocycles. The van der Waals surface area contributed by atoms with Gasteiger partial charge in [0.15, 0.2) is 0 Å². The first-order chi connectivity index (χ1) is 9.84. The van der Waals surface area contributed by atoms with Gasteiger partial charge in [-0.05, 0) is 53.9 Å². The number of hydrogen-bond acceptors (Lipinski definition) is 4. The summed E-state index contributed by atoms with van der Waals surface area (Å²) >= 11 is 3.36. The summed E-state index contributed by atoms with van der Waals surface area (Å²) in [6.45, 7) is 12.6. The average Bonchev–Trinajstić information content (AvgIpc) is 2.22. The maximum absolute atomic E-state index is 11.9. The molecule has 0 aliphatic heterocycles. The Bertz CT molecular complexity index is 345. The summed E-state index contributed by atoms with van der Waals surface area (Å²) in [5.41, 5.74) is -1.20. The summed E-state index contributed by atoms with van der Waals surface area (Å²) in [5.74, 6) is 0.0133. The van der Waals surface area contributed by atoms with Crippen LogP contribution in [0.25, 0.3) is 0 Å². The minimum Gasteiger partial charge on any atom is -0.444 e. The number of carbonyl (C=O) groups excluding carboxylic acids is 2.